The molecule has 2 aliphatic rings. The fourth-order valence-electron chi connectivity index (χ4n) is 2.73. The summed E-state index contributed by atoms with van der Waals surface area (Å²) in [5.74, 6) is 0.823. The topological polar surface area (TPSA) is 67.8 Å². The van der Waals surface area contributed by atoms with Gasteiger partial charge in [-0.2, -0.15) is 0 Å². The Balaban J connectivity index is 1.72. The van der Waals surface area contributed by atoms with Gasteiger partial charge >= 0.3 is 0 Å². The summed E-state index contributed by atoms with van der Waals surface area (Å²) < 4.78 is 10.8. The molecule has 2 fully saturated rings. The van der Waals surface area contributed by atoms with E-state index in [1.807, 2.05) is 0 Å². The Morgan fingerprint density at radius 3 is 2.90 bits per heavy atom. The molecule has 108 valence electrons. The molecule has 1 aromatic rings. The van der Waals surface area contributed by atoms with Crippen LogP contribution in [0.15, 0.2) is 18.2 Å². The number of nitrogens with one attached hydrogen (secondary N) is 1. The molecule has 1 aromatic carbocycles. The van der Waals surface area contributed by atoms with Gasteiger partial charge in [0.1, 0.15) is 11.5 Å². The molecule has 0 aromatic heterocycles. The van der Waals surface area contributed by atoms with Crippen LogP contribution < -0.4 is 10.1 Å². The fraction of sp³-hybridized carbons (Fsp3) is 0.533. The van der Waals surface area contributed by atoms with E-state index in [-0.39, 0.29) is 29.4 Å². The average molecular weight is 277 g/mol. The summed E-state index contributed by atoms with van der Waals surface area (Å²) >= 11 is 0. The number of carbonyl (C=O) groups is 1. The van der Waals surface area contributed by atoms with Crippen molar-refractivity contribution in [3.05, 3.63) is 23.8 Å². The van der Waals surface area contributed by atoms with Crippen LogP contribution in [0.1, 0.15) is 29.6 Å². The lowest BCUT2D eigenvalue weighted by atomic mass is 10.1. The Kier molecular flexibility index (Phi) is 3.53. The third kappa shape index (κ3) is 2.58. The molecular formula is C15H19NO4. The lowest BCUT2D eigenvalue weighted by Crippen LogP contribution is -2.41. The molecule has 2 unspecified atom stereocenters. The summed E-state index contributed by atoms with van der Waals surface area (Å²) in [5.41, 5.74) is 0.241. The van der Waals surface area contributed by atoms with Crippen LogP contribution >= 0.6 is 0 Å². The third-order valence-electron chi connectivity index (χ3n) is 3.99. The SMILES string of the molecule is COc1ccc(O)c(C(=O)NC2CCOC2C2CC2)c1. The van der Waals surface area contributed by atoms with Crippen molar-refractivity contribution in [2.75, 3.05) is 13.7 Å². The molecule has 3 rings (SSSR count). The van der Waals surface area contributed by atoms with Gasteiger partial charge in [-0.3, -0.25) is 4.79 Å². The lowest BCUT2D eigenvalue weighted by Gasteiger charge is -2.19. The Morgan fingerprint density at radius 1 is 1.40 bits per heavy atom. The van der Waals surface area contributed by atoms with Gasteiger partial charge in [-0.25, -0.2) is 0 Å². The van der Waals surface area contributed by atoms with Gasteiger partial charge < -0.3 is 19.9 Å². The maximum Gasteiger partial charge on any atom is 0.255 e. The standard InChI is InChI=1S/C15H19NO4/c1-19-10-4-5-13(17)11(8-10)15(18)16-12-6-7-20-14(12)9-2-3-9/h4-5,8-9,12,14,17H,2-3,6-7H2,1H3,(H,16,18). The highest BCUT2D eigenvalue weighted by Gasteiger charge is 2.41. The number of aromatic hydroxyl groups is 1. The van der Waals surface area contributed by atoms with Gasteiger partial charge in [-0.05, 0) is 43.4 Å². The van der Waals surface area contributed by atoms with E-state index in [1.54, 1.807) is 12.1 Å². The number of ether oxygens (including phenoxy) is 2. The van der Waals surface area contributed by atoms with Gasteiger partial charge in [0.05, 0.1) is 24.8 Å². The van der Waals surface area contributed by atoms with Gasteiger partial charge in [-0.1, -0.05) is 0 Å². The number of carbonyl (C=O) groups excluding carboxylic acids is 1. The highest BCUT2D eigenvalue weighted by atomic mass is 16.5. The second kappa shape index (κ2) is 5.32. The van der Waals surface area contributed by atoms with Crippen molar-refractivity contribution < 1.29 is 19.4 Å². The maximum absolute atomic E-state index is 12.3. The second-order valence-electron chi connectivity index (χ2n) is 5.42. The zero-order valence-corrected chi connectivity index (χ0v) is 11.5. The zero-order valence-electron chi connectivity index (χ0n) is 11.5. The fourth-order valence-corrected chi connectivity index (χ4v) is 2.73. The van der Waals surface area contributed by atoms with Crippen LogP contribution in [0.2, 0.25) is 0 Å². The molecule has 1 aliphatic heterocycles. The van der Waals surface area contributed by atoms with Crippen molar-refractivity contribution in [3.63, 3.8) is 0 Å². The van der Waals surface area contributed by atoms with E-state index < -0.39 is 0 Å². The van der Waals surface area contributed by atoms with E-state index in [4.69, 9.17) is 9.47 Å². The molecule has 5 nitrogen and oxygen atoms in total. The van der Waals surface area contributed by atoms with Crippen LogP contribution in [0.4, 0.5) is 0 Å². The molecule has 1 saturated heterocycles. The lowest BCUT2D eigenvalue weighted by molar-refractivity contribution is 0.0728. The van der Waals surface area contributed by atoms with Crippen molar-refractivity contribution in [3.8, 4) is 11.5 Å². The van der Waals surface area contributed by atoms with Crippen LogP contribution in [-0.2, 0) is 4.74 Å². The molecule has 2 N–H and O–H groups in total. The Morgan fingerprint density at radius 2 is 2.20 bits per heavy atom. The molecule has 2 atom stereocenters. The quantitative estimate of drug-likeness (QED) is 0.879. The number of hydrogen-bond acceptors (Lipinski definition) is 4. The molecule has 1 amide bonds. The second-order valence-corrected chi connectivity index (χ2v) is 5.42. The zero-order chi connectivity index (χ0) is 14.1. The molecule has 1 saturated carbocycles. The summed E-state index contributed by atoms with van der Waals surface area (Å²) in [6.45, 7) is 0.691. The largest absolute Gasteiger partial charge is 0.507 e. The smallest absolute Gasteiger partial charge is 0.255 e. The van der Waals surface area contributed by atoms with Crippen molar-refractivity contribution in [1.29, 1.82) is 0 Å². The minimum atomic E-state index is -0.275. The monoisotopic (exact) mass is 277 g/mol. The number of methoxy groups -OCH3 is 1. The predicted molar refractivity (Wildman–Crippen MR) is 73.0 cm³/mol. The van der Waals surface area contributed by atoms with Crippen LogP contribution in [0, 0.1) is 5.92 Å². The minimum Gasteiger partial charge on any atom is -0.507 e. The molecule has 0 bridgehead atoms. The summed E-state index contributed by atoms with van der Waals surface area (Å²) in [6, 6.07) is 4.68. The number of amides is 1. The van der Waals surface area contributed by atoms with Crippen molar-refractivity contribution in [2.24, 2.45) is 5.92 Å². The van der Waals surface area contributed by atoms with Gasteiger partial charge in [0, 0.05) is 6.61 Å². The van der Waals surface area contributed by atoms with E-state index in [9.17, 15) is 9.90 Å². The Labute approximate surface area is 117 Å². The van der Waals surface area contributed by atoms with E-state index in [2.05, 4.69) is 5.32 Å². The van der Waals surface area contributed by atoms with Crippen molar-refractivity contribution >= 4 is 5.91 Å². The summed E-state index contributed by atoms with van der Waals surface area (Å²) in [7, 11) is 1.53. The highest BCUT2D eigenvalue weighted by molar-refractivity contribution is 5.97. The van der Waals surface area contributed by atoms with E-state index in [1.165, 1.54) is 26.0 Å². The summed E-state index contributed by atoms with van der Waals surface area (Å²) in [6.07, 6.45) is 3.33. The highest BCUT2D eigenvalue weighted by Crippen LogP contribution is 2.39. The molecule has 5 heteroatoms. The minimum absolute atomic E-state index is 0.0369. The Bertz CT molecular complexity index is 513. The number of benzene rings is 1. The molecule has 0 spiro atoms. The number of rotatable bonds is 4. The van der Waals surface area contributed by atoms with E-state index >= 15 is 0 Å². The molecule has 20 heavy (non-hydrogen) atoms. The summed E-state index contributed by atoms with van der Waals surface area (Å²) in [4.78, 5) is 12.3. The van der Waals surface area contributed by atoms with Gasteiger partial charge in [0.25, 0.3) is 5.91 Å². The number of hydrogen-bond donors (Lipinski definition) is 2. The van der Waals surface area contributed by atoms with E-state index in [0.717, 1.165) is 6.42 Å². The van der Waals surface area contributed by atoms with Crippen LogP contribution in [0.5, 0.6) is 11.5 Å². The van der Waals surface area contributed by atoms with E-state index in [0.29, 0.717) is 18.3 Å². The predicted octanol–water partition coefficient (Wildman–Crippen LogP) is 1.70. The number of phenolic OH excluding ortho intramolecular Hbond substituents is 1. The van der Waals surface area contributed by atoms with Crippen molar-refractivity contribution in [2.45, 2.75) is 31.4 Å². The Hall–Kier alpha value is -1.75. The number of phenols is 1. The van der Waals surface area contributed by atoms with Crippen LogP contribution in [-0.4, -0.2) is 36.9 Å². The first-order valence-corrected chi connectivity index (χ1v) is 6.98. The van der Waals surface area contributed by atoms with Crippen LogP contribution in [0.3, 0.4) is 0 Å². The molecule has 1 heterocycles. The maximum atomic E-state index is 12.3. The van der Waals surface area contributed by atoms with Gasteiger partial charge in [0.2, 0.25) is 0 Å². The first-order chi connectivity index (χ1) is 9.69. The molecule has 1 aliphatic carbocycles. The van der Waals surface area contributed by atoms with Gasteiger partial charge in [-0.15, -0.1) is 0 Å². The molecule has 0 radical (unpaired) electrons. The van der Waals surface area contributed by atoms with Crippen molar-refractivity contribution in [1.82, 2.24) is 5.32 Å². The normalized spacial score (nSPS) is 25.4. The summed E-state index contributed by atoms with van der Waals surface area (Å²) in [5, 5.41) is 12.8. The third-order valence-corrected chi connectivity index (χ3v) is 3.99. The van der Waals surface area contributed by atoms with Gasteiger partial charge in [0.15, 0.2) is 0 Å². The average Bonchev–Trinajstić information content (AvgIpc) is 3.20. The molecular weight excluding hydrogens is 258 g/mol. The first kappa shape index (κ1) is 13.2. The first-order valence-electron chi connectivity index (χ1n) is 6.98. The van der Waals surface area contributed by atoms with Crippen LogP contribution in [0.25, 0.3) is 0 Å².